The zero-order chi connectivity index (χ0) is 18.8. The number of nitrogens with two attached hydrogens (primary N) is 1. The smallest absolute Gasteiger partial charge is 0.253 e. The first-order valence-electron chi connectivity index (χ1n) is 9.84. The predicted octanol–water partition coefficient (Wildman–Crippen LogP) is 2.65. The summed E-state index contributed by atoms with van der Waals surface area (Å²) < 4.78 is 0. The molecule has 0 radical (unpaired) electrons. The molecule has 5 heteroatoms. The van der Waals surface area contributed by atoms with Gasteiger partial charge in [0, 0.05) is 30.7 Å². The average Bonchev–Trinajstić information content (AvgIpc) is 2.94. The number of piperidine rings is 1. The van der Waals surface area contributed by atoms with Crippen LogP contribution in [0.3, 0.4) is 0 Å². The topological polar surface area (TPSA) is 66.6 Å². The van der Waals surface area contributed by atoms with E-state index in [2.05, 4.69) is 6.92 Å². The molecule has 142 valence electrons. The predicted molar refractivity (Wildman–Crippen MR) is 103 cm³/mol. The Labute approximate surface area is 156 Å². The van der Waals surface area contributed by atoms with Crippen molar-refractivity contribution in [2.45, 2.75) is 70.1 Å². The second-order valence-electron chi connectivity index (χ2n) is 7.95. The summed E-state index contributed by atoms with van der Waals surface area (Å²) in [4.78, 5) is 29.6. The third-order valence-electron chi connectivity index (χ3n) is 6.39. The van der Waals surface area contributed by atoms with E-state index in [4.69, 9.17) is 5.73 Å². The number of amides is 2. The van der Waals surface area contributed by atoms with Crippen molar-refractivity contribution in [1.82, 2.24) is 9.80 Å². The fourth-order valence-corrected chi connectivity index (χ4v) is 4.44. The van der Waals surface area contributed by atoms with E-state index in [1.807, 2.05) is 54.1 Å². The molecule has 0 spiro atoms. The maximum absolute atomic E-state index is 12.9. The molecule has 2 amide bonds. The Morgan fingerprint density at radius 1 is 1.19 bits per heavy atom. The molecule has 2 N–H and O–H groups in total. The van der Waals surface area contributed by atoms with E-state index in [-0.39, 0.29) is 35.9 Å². The van der Waals surface area contributed by atoms with Crippen LogP contribution < -0.4 is 5.73 Å². The van der Waals surface area contributed by atoms with Crippen LogP contribution in [0.4, 0.5) is 0 Å². The molecule has 2 saturated heterocycles. The summed E-state index contributed by atoms with van der Waals surface area (Å²) in [7, 11) is 1.89. The third-order valence-corrected chi connectivity index (χ3v) is 6.39. The van der Waals surface area contributed by atoms with Crippen LogP contribution in [0, 0.1) is 5.92 Å². The summed E-state index contributed by atoms with van der Waals surface area (Å²) in [6, 6.07) is 9.62. The molecule has 26 heavy (non-hydrogen) atoms. The fourth-order valence-electron chi connectivity index (χ4n) is 4.44. The Hall–Kier alpha value is -1.88. The van der Waals surface area contributed by atoms with Gasteiger partial charge in [-0.1, -0.05) is 38.5 Å². The highest BCUT2D eigenvalue weighted by Gasteiger charge is 2.46. The standard InChI is InChI=1S/C21H31N3O2/c1-4-14(2)19(22)21(26)24-16-10-11-17(24)13-18(12-16)23(3)20(25)15-8-6-5-7-9-15/h5-9,14,16-19H,4,10-13,22H2,1-3H3. The molecule has 2 fully saturated rings. The lowest BCUT2D eigenvalue weighted by molar-refractivity contribution is -0.139. The van der Waals surface area contributed by atoms with Gasteiger partial charge in [-0.3, -0.25) is 9.59 Å². The van der Waals surface area contributed by atoms with Gasteiger partial charge >= 0.3 is 0 Å². The van der Waals surface area contributed by atoms with Crippen molar-refractivity contribution in [3.05, 3.63) is 35.9 Å². The normalized spacial score (nSPS) is 27.1. The van der Waals surface area contributed by atoms with Crippen molar-refractivity contribution in [3.8, 4) is 0 Å². The van der Waals surface area contributed by atoms with Crippen LogP contribution in [-0.4, -0.2) is 52.8 Å². The van der Waals surface area contributed by atoms with Crippen molar-refractivity contribution >= 4 is 11.8 Å². The summed E-state index contributed by atoms with van der Waals surface area (Å²) in [5.41, 5.74) is 6.94. The van der Waals surface area contributed by atoms with Gasteiger partial charge in [-0.15, -0.1) is 0 Å². The van der Waals surface area contributed by atoms with Crippen LogP contribution in [0.5, 0.6) is 0 Å². The SMILES string of the molecule is CCC(C)C(N)C(=O)N1C2CCC1CC(N(C)C(=O)c1ccccc1)C2. The van der Waals surface area contributed by atoms with Gasteiger partial charge in [0.15, 0.2) is 0 Å². The molecule has 0 aromatic heterocycles. The van der Waals surface area contributed by atoms with Gasteiger partial charge < -0.3 is 15.5 Å². The summed E-state index contributed by atoms with van der Waals surface area (Å²) in [5.74, 6) is 0.357. The van der Waals surface area contributed by atoms with Crippen molar-refractivity contribution in [2.75, 3.05) is 7.05 Å². The number of rotatable bonds is 5. The number of carbonyl (C=O) groups excluding carboxylic acids is 2. The van der Waals surface area contributed by atoms with E-state index in [0.717, 1.165) is 37.7 Å². The molecule has 4 atom stereocenters. The van der Waals surface area contributed by atoms with Crippen molar-refractivity contribution in [3.63, 3.8) is 0 Å². The first kappa shape index (κ1) is 18.9. The average molecular weight is 357 g/mol. The first-order chi connectivity index (χ1) is 12.4. The van der Waals surface area contributed by atoms with Crippen LogP contribution in [0.1, 0.15) is 56.3 Å². The second-order valence-corrected chi connectivity index (χ2v) is 7.95. The molecular weight excluding hydrogens is 326 g/mol. The molecule has 2 heterocycles. The van der Waals surface area contributed by atoms with E-state index >= 15 is 0 Å². The summed E-state index contributed by atoms with van der Waals surface area (Å²) in [6.45, 7) is 4.12. The molecule has 0 aliphatic carbocycles. The van der Waals surface area contributed by atoms with Crippen LogP contribution in [0.15, 0.2) is 30.3 Å². The lowest BCUT2D eigenvalue weighted by Gasteiger charge is -2.43. The van der Waals surface area contributed by atoms with Crippen LogP contribution in [0.25, 0.3) is 0 Å². The van der Waals surface area contributed by atoms with Gasteiger partial charge in [-0.2, -0.15) is 0 Å². The van der Waals surface area contributed by atoms with Crippen molar-refractivity contribution in [1.29, 1.82) is 0 Å². The first-order valence-corrected chi connectivity index (χ1v) is 9.84. The van der Waals surface area contributed by atoms with Gasteiger partial charge in [-0.25, -0.2) is 0 Å². The van der Waals surface area contributed by atoms with Gasteiger partial charge in [0.25, 0.3) is 5.91 Å². The van der Waals surface area contributed by atoms with E-state index in [0.29, 0.717) is 0 Å². The van der Waals surface area contributed by atoms with E-state index < -0.39 is 6.04 Å². The van der Waals surface area contributed by atoms with Gasteiger partial charge in [-0.05, 0) is 43.7 Å². The number of carbonyl (C=O) groups is 2. The summed E-state index contributed by atoms with van der Waals surface area (Å²) in [5, 5.41) is 0. The summed E-state index contributed by atoms with van der Waals surface area (Å²) >= 11 is 0. The Balaban J connectivity index is 1.68. The highest BCUT2D eigenvalue weighted by atomic mass is 16.2. The number of benzene rings is 1. The highest BCUT2D eigenvalue weighted by Crippen LogP contribution is 2.38. The molecule has 2 aliphatic rings. The fraction of sp³-hybridized carbons (Fsp3) is 0.619. The molecule has 2 bridgehead atoms. The van der Waals surface area contributed by atoms with E-state index in [1.54, 1.807) is 0 Å². The Morgan fingerprint density at radius 3 is 2.31 bits per heavy atom. The highest BCUT2D eigenvalue weighted by molar-refractivity contribution is 5.94. The molecule has 5 nitrogen and oxygen atoms in total. The van der Waals surface area contributed by atoms with Crippen molar-refractivity contribution < 1.29 is 9.59 Å². The molecule has 2 aliphatic heterocycles. The largest absolute Gasteiger partial charge is 0.339 e. The minimum Gasteiger partial charge on any atom is -0.339 e. The molecule has 1 aromatic rings. The van der Waals surface area contributed by atoms with Crippen LogP contribution in [-0.2, 0) is 4.79 Å². The minimum atomic E-state index is -0.414. The second kappa shape index (κ2) is 7.78. The quantitative estimate of drug-likeness (QED) is 0.881. The van der Waals surface area contributed by atoms with Gasteiger partial charge in [0.05, 0.1) is 6.04 Å². The lowest BCUT2D eigenvalue weighted by atomic mass is 9.92. The maximum atomic E-state index is 12.9. The van der Waals surface area contributed by atoms with Crippen molar-refractivity contribution in [2.24, 2.45) is 11.7 Å². The minimum absolute atomic E-state index is 0.0612. The van der Waals surface area contributed by atoms with E-state index in [1.165, 1.54) is 0 Å². The Bertz CT molecular complexity index is 634. The van der Waals surface area contributed by atoms with Gasteiger partial charge in [0.2, 0.25) is 5.91 Å². The zero-order valence-corrected chi connectivity index (χ0v) is 16.1. The van der Waals surface area contributed by atoms with Crippen LogP contribution in [0.2, 0.25) is 0 Å². The number of hydrogen-bond acceptors (Lipinski definition) is 3. The third kappa shape index (κ3) is 3.50. The molecule has 0 saturated carbocycles. The van der Waals surface area contributed by atoms with Crippen LogP contribution >= 0.6 is 0 Å². The Morgan fingerprint density at radius 2 is 1.77 bits per heavy atom. The van der Waals surface area contributed by atoms with E-state index in [9.17, 15) is 9.59 Å². The zero-order valence-electron chi connectivity index (χ0n) is 16.1. The van der Waals surface area contributed by atoms with Gasteiger partial charge in [0.1, 0.15) is 0 Å². The molecular formula is C21H31N3O2. The summed E-state index contributed by atoms with van der Waals surface area (Å²) in [6.07, 6.45) is 4.66. The maximum Gasteiger partial charge on any atom is 0.253 e. The number of hydrogen-bond donors (Lipinski definition) is 1. The lowest BCUT2D eigenvalue weighted by Crippen LogP contribution is -2.57. The molecule has 1 aromatic carbocycles. The monoisotopic (exact) mass is 357 g/mol. The number of nitrogens with zero attached hydrogens (tertiary/aromatic N) is 2. The molecule has 3 rings (SSSR count). The number of fused-ring (bicyclic) bond motifs is 2. The molecule has 4 unspecified atom stereocenters. The Kier molecular flexibility index (Phi) is 5.66.